The van der Waals surface area contributed by atoms with Gasteiger partial charge in [-0.15, -0.1) is 0 Å². The minimum Gasteiger partial charge on any atom is -0.484 e. The second kappa shape index (κ2) is 6.99. The Morgan fingerprint density at radius 3 is 2.63 bits per heavy atom. The van der Waals surface area contributed by atoms with Gasteiger partial charge in [-0.2, -0.15) is 0 Å². The van der Waals surface area contributed by atoms with Crippen LogP contribution < -0.4 is 10.1 Å². The Morgan fingerprint density at radius 2 is 2.11 bits per heavy atom. The summed E-state index contributed by atoms with van der Waals surface area (Å²) in [5.41, 5.74) is 0. The second-order valence-corrected chi connectivity index (χ2v) is 4.81. The highest BCUT2D eigenvalue weighted by Crippen LogP contribution is 2.16. The van der Waals surface area contributed by atoms with Crippen molar-refractivity contribution in [1.29, 1.82) is 0 Å². The van der Waals surface area contributed by atoms with Crippen LogP contribution in [-0.2, 0) is 9.59 Å². The summed E-state index contributed by atoms with van der Waals surface area (Å²) in [4.78, 5) is 22.5. The van der Waals surface area contributed by atoms with Crippen LogP contribution in [0.25, 0.3) is 0 Å². The molecular formula is C13H16ClNO4. The lowest BCUT2D eigenvalue weighted by molar-refractivity contribution is -0.143. The summed E-state index contributed by atoms with van der Waals surface area (Å²) >= 11 is 5.77. The Morgan fingerprint density at radius 1 is 1.42 bits per heavy atom. The van der Waals surface area contributed by atoms with Crippen LogP contribution in [-0.4, -0.2) is 29.6 Å². The lowest BCUT2D eigenvalue weighted by Crippen LogP contribution is -2.46. The Hall–Kier alpha value is -1.75. The molecule has 0 unspecified atom stereocenters. The molecule has 0 fully saturated rings. The average molecular weight is 286 g/mol. The first-order valence-electron chi connectivity index (χ1n) is 5.80. The predicted molar refractivity (Wildman–Crippen MR) is 71.4 cm³/mol. The van der Waals surface area contributed by atoms with Crippen LogP contribution in [0, 0.1) is 5.92 Å². The van der Waals surface area contributed by atoms with Gasteiger partial charge < -0.3 is 15.2 Å². The van der Waals surface area contributed by atoms with Crippen molar-refractivity contribution in [1.82, 2.24) is 5.32 Å². The molecule has 0 aliphatic heterocycles. The van der Waals surface area contributed by atoms with E-state index < -0.39 is 17.9 Å². The molecule has 0 aliphatic carbocycles. The normalized spacial score (nSPS) is 12.0. The fourth-order valence-corrected chi connectivity index (χ4v) is 1.61. The van der Waals surface area contributed by atoms with E-state index in [2.05, 4.69) is 5.32 Å². The molecule has 0 radical (unpaired) electrons. The molecule has 0 spiro atoms. The second-order valence-electron chi connectivity index (χ2n) is 4.37. The van der Waals surface area contributed by atoms with Crippen LogP contribution in [0.3, 0.4) is 0 Å². The third kappa shape index (κ3) is 5.18. The number of aliphatic carboxylic acids is 1. The van der Waals surface area contributed by atoms with Crippen molar-refractivity contribution < 1.29 is 19.4 Å². The Kier molecular flexibility index (Phi) is 5.63. The number of carbonyl (C=O) groups is 2. The number of halogens is 1. The largest absolute Gasteiger partial charge is 0.484 e. The quantitative estimate of drug-likeness (QED) is 0.837. The minimum atomic E-state index is -1.06. The zero-order valence-electron chi connectivity index (χ0n) is 10.7. The van der Waals surface area contributed by atoms with Crippen LogP contribution in [0.15, 0.2) is 24.3 Å². The fraction of sp³-hybridized carbons (Fsp3) is 0.385. The summed E-state index contributed by atoms with van der Waals surface area (Å²) in [7, 11) is 0. The Bertz CT molecular complexity index is 462. The van der Waals surface area contributed by atoms with Crippen molar-refractivity contribution in [3.8, 4) is 5.75 Å². The number of benzene rings is 1. The van der Waals surface area contributed by atoms with E-state index in [0.29, 0.717) is 10.8 Å². The summed E-state index contributed by atoms with van der Waals surface area (Å²) in [6.07, 6.45) is 0. The Labute approximate surface area is 116 Å². The molecule has 0 saturated carbocycles. The standard InChI is InChI=1S/C13H16ClNO4/c1-8(2)12(13(17)18)15-11(16)7-19-10-5-3-4-9(14)6-10/h3-6,8,12H,7H2,1-2H3,(H,15,16)(H,17,18)/t12-/m1/s1. The number of carboxylic acids is 1. The number of carbonyl (C=O) groups excluding carboxylic acids is 1. The van der Waals surface area contributed by atoms with Gasteiger partial charge in [0.05, 0.1) is 0 Å². The van der Waals surface area contributed by atoms with Crippen LogP contribution in [0.2, 0.25) is 5.02 Å². The third-order valence-electron chi connectivity index (χ3n) is 2.42. The van der Waals surface area contributed by atoms with Crippen LogP contribution in [0.1, 0.15) is 13.8 Å². The molecule has 2 N–H and O–H groups in total. The smallest absolute Gasteiger partial charge is 0.326 e. The van der Waals surface area contributed by atoms with E-state index in [1.165, 1.54) is 0 Å². The molecule has 0 saturated heterocycles. The fourth-order valence-electron chi connectivity index (χ4n) is 1.43. The van der Waals surface area contributed by atoms with E-state index in [0.717, 1.165) is 0 Å². The van der Waals surface area contributed by atoms with Gasteiger partial charge in [0.25, 0.3) is 5.91 Å². The van der Waals surface area contributed by atoms with Gasteiger partial charge in [0.1, 0.15) is 11.8 Å². The van der Waals surface area contributed by atoms with Gasteiger partial charge in [0, 0.05) is 5.02 Å². The molecular weight excluding hydrogens is 270 g/mol. The number of carboxylic acid groups (broad SMARTS) is 1. The van der Waals surface area contributed by atoms with Gasteiger partial charge in [-0.05, 0) is 24.1 Å². The molecule has 0 aliphatic rings. The molecule has 19 heavy (non-hydrogen) atoms. The van der Waals surface area contributed by atoms with Gasteiger partial charge in [-0.1, -0.05) is 31.5 Å². The highest BCUT2D eigenvalue weighted by molar-refractivity contribution is 6.30. The molecule has 0 aromatic heterocycles. The number of ether oxygens (including phenoxy) is 1. The zero-order valence-corrected chi connectivity index (χ0v) is 11.5. The molecule has 1 aromatic carbocycles. The predicted octanol–water partition coefficient (Wildman–Crippen LogP) is 1.94. The average Bonchev–Trinajstić information content (AvgIpc) is 2.32. The van der Waals surface area contributed by atoms with Crippen molar-refractivity contribution in [3.05, 3.63) is 29.3 Å². The third-order valence-corrected chi connectivity index (χ3v) is 2.65. The first-order chi connectivity index (χ1) is 8.90. The zero-order chi connectivity index (χ0) is 14.4. The topological polar surface area (TPSA) is 75.6 Å². The molecule has 6 heteroatoms. The van der Waals surface area contributed by atoms with E-state index in [-0.39, 0.29) is 12.5 Å². The lowest BCUT2D eigenvalue weighted by Gasteiger charge is -2.17. The number of rotatable bonds is 6. The molecule has 1 rings (SSSR count). The SMILES string of the molecule is CC(C)[C@@H](NC(=O)COc1cccc(Cl)c1)C(=O)O. The maximum atomic E-state index is 11.6. The number of amides is 1. The number of hydrogen-bond donors (Lipinski definition) is 2. The summed E-state index contributed by atoms with van der Waals surface area (Å²) in [5, 5.41) is 11.8. The summed E-state index contributed by atoms with van der Waals surface area (Å²) in [6.45, 7) is 3.19. The maximum absolute atomic E-state index is 11.6. The number of nitrogens with one attached hydrogen (secondary N) is 1. The van der Waals surface area contributed by atoms with Crippen molar-refractivity contribution in [3.63, 3.8) is 0 Å². The van der Waals surface area contributed by atoms with E-state index >= 15 is 0 Å². The van der Waals surface area contributed by atoms with E-state index in [9.17, 15) is 9.59 Å². The van der Waals surface area contributed by atoms with Crippen molar-refractivity contribution in [2.45, 2.75) is 19.9 Å². The first-order valence-corrected chi connectivity index (χ1v) is 6.18. The van der Waals surface area contributed by atoms with Gasteiger partial charge in [0.15, 0.2) is 6.61 Å². The molecule has 0 bridgehead atoms. The van der Waals surface area contributed by atoms with Gasteiger partial charge in [-0.3, -0.25) is 4.79 Å². The van der Waals surface area contributed by atoms with Gasteiger partial charge in [0.2, 0.25) is 0 Å². The van der Waals surface area contributed by atoms with E-state index in [4.69, 9.17) is 21.4 Å². The maximum Gasteiger partial charge on any atom is 0.326 e. The molecule has 1 atom stereocenters. The van der Waals surface area contributed by atoms with Crippen molar-refractivity contribution in [2.24, 2.45) is 5.92 Å². The van der Waals surface area contributed by atoms with Gasteiger partial charge in [-0.25, -0.2) is 4.79 Å². The van der Waals surface area contributed by atoms with Crippen LogP contribution in [0.5, 0.6) is 5.75 Å². The minimum absolute atomic E-state index is 0.201. The first kappa shape index (κ1) is 15.3. The lowest BCUT2D eigenvalue weighted by atomic mass is 10.1. The molecule has 104 valence electrons. The highest BCUT2D eigenvalue weighted by Gasteiger charge is 2.23. The summed E-state index contributed by atoms with van der Waals surface area (Å²) in [6, 6.07) is 5.70. The Balaban J connectivity index is 2.49. The van der Waals surface area contributed by atoms with Crippen molar-refractivity contribution >= 4 is 23.5 Å². The van der Waals surface area contributed by atoms with E-state index in [1.807, 2.05) is 0 Å². The molecule has 0 heterocycles. The monoisotopic (exact) mass is 285 g/mol. The van der Waals surface area contributed by atoms with Crippen LogP contribution in [0.4, 0.5) is 0 Å². The summed E-state index contributed by atoms with van der Waals surface area (Å²) < 4.78 is 5.22. The highest BCUT2D eigenvalue weighted by atomic mass is 35.5. The van der Waals surface area contributed by atoms with Crippen LogP contribution >= 0.6 is 11.6 Å². The van der Waals surface area contributed by atoms with Gasteiger partial charge >= 0.3 is 5.97 Å². The molecule has 1 aromatic rings. The van der Waals surface area contributed by atoms with E-state index in [1.54, 1.807) is 38.1 Å². The number of hydrogen-bond acceptors (Lipinski definition) is 3. The molecule has 1 amide bonds. The van der Waals surface area contributed by atoms with Crippen molar-refractivity contribution in [2.75, 3.05) is 6.61 Å². The molecule has 5 nitrogen and oxygen atoms in total. The summed E-state index contributed by atoms with van der Waals surface area (Å²) in [5.74, 6) is -1.29.